The minimum absolute atomic E-state index is 0.0163. The lowest BCUT2D eigenvalue weighted by Gasteiger charge is -2.29. The highest BCUT2D eigenvalue weighted by atomic mass is 32.2. The number of hydrogen-bond acceptors (Lipinski definition) is 3. The second kappa shape index (κ2) is 8.53. The molecule has 1 aromatic rings. The molecule has 0 aromatic heterocycles. The van der Waals surface area contributed by atoms with E-state index in [2.05, 4.69) is 6.92 Å². The first-order valence-electron chi connectivity index (χ1n) is 9.88. The summed E-state index contributed by atoms with van der Waals surface area (Å²) in [6.07, 6.45) is 7.52. The molecule has 2 fully saturated rings. The first kappa shape index (κ1) is 19.4. The first-order chi connectivity index (χ1) is 12.5. The third kappa shape index (κ3) is 4.46. The molecule has 0 N–H and O–H groups in total. The molecule has 2 heterocycles. The molecule has 2 saturated heterocycles. The summed E-state index contributed by atoms with van der Waals surface area (Å²) in [6, 6.07) is 6.51. The topological polar surface area (TPSA) is 57.7 Å². The van der Waals surface area contributed by atoms with Crippen molar-refractivity contribution in [2.75, 3.05) is 26.2 Å². The average molecular weight is 379 g/mol. The molecule has 0 saturated carbocycles. The number of carbonyl (C=O) groups excluding carboxylic acids is 1. The van der Waals surface area contributed by atoms with Gasteiger partial charge in [-0.3, -0.25) is 4.79 Å². The van der Waals surface area contributed by atoms with E-state index in [0.29, 0.717) is 24.6 Å². The van der Waals surface area contributed by atoms with Crippen molar-refractivity contribution in [3.05, 3.63) is 29.8 Å². The van der Waals surface area contributed by atoms with Gasteiger partial charge >= 0.3 is 0 Å². The van der Waals surface area contributed by atoms with E-state index in [1.54, 1.807) is 28.6 Å². The van der Waals surface area contributed by atoms with E-state index >= 15 is 0 Å². The normalized spacial score (nSPS) is 21.2. The van der Waals surface area contributed by atoms with Crippen LogP contribution in [0.2, 0.25) is 0 Å². The van der Waals surface area contributed by atoms with Gasteiger partial charge in [0.05, 0.1) is 4.90 Å². The summed E-state index contributed by atoms with van der Waals surface area (Å²) >= 11 is 0. The number of likely N-dealkylation sites (tertiary alicyclic amines) is 1. The molecule has 2 aliphatic heterocycles. The highest BCUT2D eigenvalue weighted by Gasteiger charge is 2.28. The number of amides is 1. The van der Waals surface area contributed by atoms with Crippen LogP contribution in [-0.4, -0.2) is 49.7 Å². The Kier molecular flexibility index (Phi) is 6.35. The van der Waals surface area contributed by atoms with Gasteiger partial charge in [0.1, 0.15) is 0 Å². The van der Waals surface area contributed by atoms with Crippen LogP contribution in [0.4, 0.5) is 0 Å². The zero-order valence-corrected chi connectivity index (χ0v) is 16.5. The van der Waals surface area contributed by atoms with E-state index in [1.807, 2.05) is 4.90 Å². The summed E-state index contributed by atoms with van der Waals surface area (Å²) in [6.45, 7) is 4.92. The molecule has 0 unspecified atom stereocenters. The van der Waals surface area contributed by atoms with Crippen molar-refractivity contribution in [3.63, 3.8) is 0 Å². The maximum absolute atomic E-state index is 12.8. The van der Waals surface area contributed by atoms with Crippen molar-refractivity contribution in [1.82, 2.24) is 9.21 Å². The van der Waals surface area contributed by atoms with E-state index in [4.69, 9.17) is 0 Å². The second-order valence-corrected chi connectivity index (χ2v) is 9.61. The van der Waals surface area contributed by atoms with Gasteiger partial charge in [-0.2, -0.15) is 4.31 Å². The van der Waals surface area contributed by atoms with Crippen LogP contribution < -0.4 is 0 Å². The molecule has 2 aliphatic rings. The van der Waals surface area contributed by atoms with Crippen molar-refractivity contribution >= 4 is 15.9 Å². The zero-order chi connectivity index (χ0) is 18.6. The van der Waals surface area contributed by atoms with E-state index in [9.17, 15) is 13.2 Å². The van der Waals surface area contributed by atoms with Crippen molar-refractivity contribution < 1.29 is 13.2 Å². The van der Waals surface area contributed by atoms with Gasteiger partial charge in [-0.15, -0.1) is 0 Å². The molecule has 0 spiro atoms. The lowest BCUT2D eigenvalue weighted by Crippen LogP contribution is -2.38. The molecule has 3 rings (SSSR count). The van der Waals surface area contributed by atoms with Gasteiger partial charge < -0.3 is 4.90 Å². The van der Waals surface area contributed by atoms with E-state index in [0.717, 1.165) is 38.8 Å². The van der Waals surface area contributed by atoms with Gasteiger partial charge in [-0.1, -0.05) is 26.2 Å². The largest absolute Gasteiger partial charge is 0.339 e. The number of rotatable bonds is 3. The third-order valence-corrected chi connectivity index (χ3v) is 7.54. The third-order valence-electron chi connectivity index (χ3n) is 5.62. The quantitative estimate of drug-likeness (QED) is 0.809. The summed E-state index contributed by atoms with van der Waals surface area (Å²) in [5.41, 5.74) is 0.580. The lowest BCUT2D eigenvalue weighted by molar-refractivity contribution is 0.0742. The molecular weight excluding hydrogens is 348 g/mol. The average Bonchev–Trinajstić information content (AvgIpc) is 2.61. The molecule has 0 radical (unpaired) electrons. The Hall–Kier alpha value is -1.40. The molecule has 0 atom stereocenters. The first-order valence-corrected chi connectivity index (χ1v) is 11.3. The fraction of sp³-hybridized carbons (Fsp3) is 0.650. The van der Waals surface area contributed by atoms with Crippen LogP contribution in [0.15, 0.2) is 29.2 Å². The van der Waals surface area contributed by atoms with Crippen LogP contribution in [-0.2, 0) is 10.0 Å². The molecule has 5 nitrogen and oxygen atoms in total. The molecule has 0 aliphatic carbocycles. The molecule has 26 heavy (non-hydrogen) atoms. The standard InChI is InChI=1S/C20H30N2O3S/c1-17-11-15-22(16-12-17)26(24,25)19-9-7-18(8-10-19)20(23)21-13-5-3-2-4-6-14-21/h7-10,17H,2-6,11-16H2,1H3. The van der Waals surface area contributed by atoms with Crippen LogP contribution >= 0.6 is 0 Å². The van der Waals surface area contributed by atoms with Gasteiger partial charge in [0.2, 0.25) is 10.0 Å². The smallest absolute Gasteiger partial charge is 0.253 e. The van der Waals surface area contributed by atoms with E-state index in [-0.39, 0.29) is 10.8 Å². The minimum Gasteiger partial charge on any atom is -0.339 e. The number of carbonyl (C=O) groups is 1. The maximum Gasteiger partial charge on any atom is 0.253 e. The summed E-state index contributed by atoms with van der Waals surface area (Å²) in [5, 5.41) is 0. The predicted molar refractivity (Wildman–Crippen MR) is 103 cm³/mol. The monoisotopic (exact) mass is 378 g/mol. The van der Waals surface area contributed by atoms with Gasteiger partial charge in [0.25, 0.3) is 5.91 Å². The molecule has 0 bridgehead atoms. The maximum atomic E-state index is 12.8. The Labute approximate surface area is 157 Å². The Morgan fingerprint density at radius 1 is 0.885 bits per heavy atom. The van der Waals surface area contributed by atoms with Gasteiger partial charge in [-0.05, 0) is 55.9 Å². The van der Waals surface area contributed by atoms with Gasteiger partial charge in [-0.25, -0.2) is 8.42 Å². The van der Waals surface area contributed by atoms with E-state index < -0.39 is 10.0 Å². The summed E-state index contributed by atoms with van der Waals surface area (Å²) < 4.78 is 27.2. The van der Waals surface area contributed by atoms with Crippen LogP contribution in [0, 0.1) is 5.92 Å². The Morgan fingerprint density at radius 2 is 1.42 bits per heavy atom. The van der Waals surface area contributed by atoms with Crippen molar-refractivity contribution in [2.45, 2.75) is 56.8 Å². The van der Waals surface area contributed by atoms with Crippen molar-refractivity contribution in [2.24, 2.45) is 5.92 Å². The van der Waals surface area contributed by atoms with Gasteiger partial charge in [0.15, 0.2) is 0 Å². The van der Waals surface area contributed by atoms with Crippen LogP contribution in [0.3, 0.4) is 0 Å². The van der Waals surface area contributed by atoms with E-state index in [1.165, 1.54) is 19.3 Å². The van der Waals surface area contributed by atoms with Crippen molar-refractivity contribution in [1.29, 1.82) is 0 Å². The van der Waals surface area contributed by atoms with Crippen molar-refractivity contribution in [3.8, 4) is 0 Å². The van der Waals surface area contributed by atoms with Crippen LogP contribution in [0.5, 0.6) is 0 Å². The Bertz CT molecular complexity index is 699. The summed E-state index contributed by atoms with van der Waals surface area (Å²) in [5.74, 6) is 0.599. The van der Waals surface area contributed by atoms with Crippen LogP contribution in [0.25, 0.3) is 0 Å². The predicted octanol–water partition coefficient (Wildman–Crippen LogP) is 3.51. The Morgan fingerprint density at radius 3 is 2.00 bits per heavy atom. The second-order valence-electron chi connectivity index (χ2n) is 7.67. The molecule has 1 amide bonds. The summed E-state index contributed by atoms with van der Waals surface area (Å²) in [4.78, 5) is 14.9. The Balaban J connectivity index is 1.70. The van der Waals surface area contributed by atoms with Gasteiger partial charge in [0, 0.05) is 31.7 Å². The zero-order valence-electron chi connectivity index (χ0n) is 15.7. The number of nitrogens with zero attached hydrogens (tertiary/aromatic N) is 2. The SMILES string of the molecule is CC1CCN(S(=O)(=O)c2ccc(C(=O)N3CCCCCCC3)cc2)CC1. The molecule has 144 valence electrons. The molecule has 6 heteroatoms. The number of sulfonamides is 1. The molecule has 1 aromatic carbocycles. The molecular formula is C20H30N2O3S. The fourth-order valence-corrected chi connectivity index (χ4v) is 5.25. The fourth-order valence-electron chi connectivity index (χ4n) is 3.78. The summed E-state index contributed by atoms with van der Waals surface area (Å²) in [7, 11) is -3.46. The number of benzene rings is 1. The van der Waals surface area contributed by atoms with Crippen LogP contribution in [0.1, 0.15) is 62.2 Å². The lowest BCUT2D eigenvalue weighted by atomic mass is 10.0. The number of hydrogen-bond donors (Lipinski definition) is 0. The minimum atomic E-state index is -3.46. The number of piperidine rings is 1. The highest BCUT2D eigenvalue weighted by Crippen LogP contribution is 2.24. The highest BCUT2D eigenvalue weighted by molar-refractivity contribution is 7.89.